The lowest BCUT2D eigenvalue weighted by Crippen LogP contribution is -2.62. The molecule has 2 unspecified atom stereocenters. The Hall–Kier alpha value is -0.860. The van der Waals surface area contributed by atoms with Crippen LogP contribution in [-0.2, 0) is 6.54 Å². The average molecular weight is 260 g/mol. The first-order valence-corrected chi connectivity index (χ1v) is 7.70. The lowest BCUT2D eigenvalue weighted by molar-refractivity contribution is 0.0397. The summed E-state index contributed by atoms with van der Waals surface area (Å²) in [6.45, 7) is 10.3. The Kier molecular flexibility index (Phi) is 5.00. The molecule has 0 radical (unpaired) electrons. The molecule has 0 aliphatic carbocycles. The maximum absolute atomic E-state index is 3.74. The standard InChI is InChI=1S/C17H28N2/c1-4-9-16-13-19(17(3,5-2)14-18-16)12-15-10-7-6-8-11-15/h6-8,10-11,16,18H,4-5,9,12-14H2,1-3H3. The number of benzene rings is 1. The number of hydrogen-bond acceptors (Lipinski definition) is 2. The fourth-order valence-corrected chi connectivity index (χ4v) is 2.98. The first-order valence-electron chi connectivity index (χ1n) is 7.70. The topological polar surface area (TPSA) is 15.3 Å². The van der Waals surface area contributed by atoms with Crippen LogP contribution in [0.2, 0.25) is 0 Å². The predicted octanol–water partition coefficient (Wildman–Crippen LogP) is 3.43. The molecule has 1 aliphatic heterocycles. The highest BCUT2D eigenvalue weighted by Crippen LogP contribution is 2.26. The Bertz CT molecular complexity index is 376. The Balaban J connectivity index is 2.07. The maximum atomic E-state index is 3.74. The molecule has 106 valence electrons. The van der Waals surface area contributed by atoms with Crippen molar-refractivity contribution in [2.24, 2.45) is 0 Å². The van der Waals surface area contributed by atoms with Crippen LogP contribution in [0.3, 0.4) is 0 Å². The van der Waals surface area contributed by atoms with E-state index < -0.39 is 0 Å². The summed E-state index contributed by atoms with van der Waals surface area (Å²) in [5, 5.41) is 3.74. The van der Waals surface area contributed by atoms with E-state index in [0.717, 1.165) is 13.1 Å². The van der Waals surface area contributed by atoms with Crippen LogP contribution in [0, 0.1) is 0 Å². The zero-order valence-electron chi connectivity index (χ0n) is 12.7. The van der Waals surface area contributed by atoms with Gasteiger partial charge in [-0.1, -0.05) is 50.6 Å². The lowest BCUT2D eigenvalue weighted by Gasteiger charge is -2.48. The summed E-state index contributed by atoms with van der Waals surface area (Å²) in [7, 11) is 0. The molecule has 0 aromatic heterocycles. The lowest BCUT2D eigenvalue weighted by atomic mass is 9.90. The molecule has 0 saturated carbocycles. The van der Waals surface area contributed by atoms with Crippen molar-refractivity contribution in [3.63, 3.8) is 0 Å². The number of hydrogen-bond donors (Lipinski definition) is 1. The third-order valence-electron chi connectivity index (χ3n) is 4.59. The van der Waals surface area contributed by atoms with E-state index in [-0.39, 0.29) is 0 Å². The molecular weight excluding hydrogens is 232 g/mol. The molecule has 2 rings (SSSR count). The van der Waals surface area contributed by atoms with E-state index in [1.165, 1.54) is 31.4 Å². The minimum atomic E-state index is 0.292. The molecular formula is C17H28N2. The summed E-state index contributed by atoms with van der Waals surface area (Å²) in [6, 6.07) is 11.5. The normalized spacial score (nSPS) is 28.5. The van der Waals surface area contributed by atoms with Gasteiger partial charge in [0.05, 0.1) is 0 Å². The van der Waals surface area contributed by atoms with E-state index in [4.69, 9.17) is 0 Å². The third-order valence-corrected chi connectivity index (χ3v) is 4.59. The summed E-state index contributed by atoms with van der Waals surface area (Å²) >= 11 is 0. The molecule has 1 aromatic rings. The first kappa shape index (κ1) is 14.5. The minimum absolute atomic E-state index is 0.292. The zero-order chi connectivity index (χ0) is 13.7. The van der Waals surface area contributed by atoms with Crippen LogP contribution in [0.5, 0.6) is 0 Å². The van der Waals surface area contributed by atoms with Crippen LogP contribution < -0.4 is 5.32 Å². The fourth-order valence-electron chi connectivity index (χ4n) is 2.98. The van der Waals surface area contributed by atoms with E-state index in [1.807, 2.05) is 0 Å². The van der Waals surface area contributed by atoms with Crippen LogP contribution in [0.4, 0.5) is 0 Å². The molecule has 0 bridgehead atoms. The number of piperazine rings is 1. The average Bonchev–Trinajstić information content (AvgIpc) is 2.44. The van der Waals surface area contributed by atoms with E-state index in [2.05, 4.69) is 61.3 Å². The zero-order valence-corrected chi connectivity index (χ0v) is 12.7. The smallest absolute Gasteiger partial charge is 0.0307 e. The summed E-state index contributed by atoms with van der Waals surface area (Å²) in [6.07, 6.45) is 3.75. The van der Waals surface area contributed by atoms with Gasteiger partial charge >= 0.3 is 0 Å². The van der Waals surface area contributed by atoms with Crippen LogP contribution in [0.25, 0.3) is 0 Å². The molecule has 1 N–H and O–H groups in total. The molecule has 2 atom stereocenters. The molecule has 2 nitrogen and oxygen atoms in total. The van der Waals surface area contributed by atoms with Crippen molar-refractivity contribution in [1.29, 1.82) is 0 Å². The van der Waals surface area contributed by atoms with Crippen LogP contribution in [-0.4, -0.2) is 29.6 Å². The second-order valence-corrected chi connectivity index (χ2v) is 6.08. The summed E-state index contributed by atoms with van der Waals surface area (Å²) in [5.41, 5.74) is 1.72. The van der Waals surface area contributed by atoms with E-state index in [1.54, 1.807) is 0 Å². The van der Waals surface area contributed by atoms with Crippen molar-refractivity contribution in [2.45, 2.75) is 58.2 Å². The van der Waals surface area contributed by atoms with E-state index in [9.17, 15) is 0 Å². The molecule has 1 heterocycles. The highest BCUT2D eigenvalue weighted by atomic mass is 15.3. The summed E-state index contributed by atoms with van der Waals surface area (Å²) in [5.74, 6) is 0. The molecule has 1 saturated heterocycles. The second kappa shape index (κ2) is 6.53. The largest absolute Gasteiger partial charge is 0.311 e. The quantitative estimate of drug-likeness (QED) is 0.872. The van der Waals surface area contributed by atoms with Gasteiger partial charge in [0, 0.05) is 31.2 Å². The van der Waals surface area contributed by atoms with Crippen molar-refractivity contribution in [2.75, 3.05) is 13.1 Å². The maximum Gasteiger partial charge on any atom is 0.0307 e. The Morgan fingerprint density at radius 2 is 2.00 bits per heavy atom. The van der Waals surface area contributed by atoms with Gasteiger partial charge in [0.1, 0.15) is 0 Å². The Labute approximate surface area is 118 Å². The van der Waals surface area contributed by atoms with Crippen molar-refractivity contribution in [1.82, 2.24) is 10.2 Å². The fraction of sp³-hybridized carbons (Fsp3) is 0.647. The summed E-state index contributed by atoms with van der Waals surface area (Å²) < 4.78 is 0. The van der Waals surface area contributed by atoms with Crippen LogP contribution in [0.15, 0.2) is 30.3 Å². The molecule has 0 spiro atoms. The summed E-state index contributed by atoms with van der Waals surface area (Å²) in [4.78, 5) is 2.68. The van der Waals surface area contributed by atoms with Crippen molar-refractivity contribution < 1.29 is 0 Å². The van der Waals surface area contributed by atoms with Crippen LogP contribution in [0.1, 0.15) is 45.6 Å². The highest BCUT2D eigenvalue weighted by Gasteiger charge is 2.35. The van der Waals surface area contributed by atoms with Crippen molar-refractivity contribution in [3.8, 4) is 0 Å². The van der Waals surface area contributed by atoms with Gasteiger partial charge in [-0.15, -0.1) is 0 Å². The van der Waals surface area contributed by atoms with Gasteiger partial charge in [0.25, 0.3) is 0 Å². The molecule has 19 heavy (non-hydrogen) atoms. The number of nitrogens with one attached hydrogen (secondary N) is 1. The second-order valence-electron chi connectivity index (χ2n) is 6.08. The van der Waals surface area contributed by atoms with Gasteiger partial charge in [-0.05, 0) is 25.3 Å². The van der Waals surface area contributed by atoms with Gasteiger partial charge in [-0.2, -0.15) is 0 Å². The SMILES string of the molecule is CCCC1CN(Cc2ccccc2)C(C)(CC)CN1. The minimum Gasteiger partial charge on any atom is -0.311 e. The monoisotopic (exact) mass is 260 g/mol. The van der Waals surface area contributed by atoms with E-state index >= 15 is 0 Å². The van der Waals surface area contributed by atoms with E-state index in [0.29, 0.717) is 11.6 Å². The first-order chi connectivity index (χ1) is 9.18. The van der Waals surface area contributed by atoms with Gasteiger partial charge in [0.15, 0.2) is 0 Å². The molecule has 1 aromatic carbocycles. The Morgan fingerprint density at radius 3 is 2.63 bits per heavy atom. The van der Waals surface area contributed by atoms with Gasteiger partial charge < -0.3 is 5.32 Å². The van der Waals surface area contributed by atoms with Crippen molar-refractivity contribution in [3.05, 3.63) is 35.9 Å². The third kappa shape index (κ3) is 3.58. The predicted molar refractivity (Wildman–Crippen MR) is 82.2 cm³/mol. The van der Waals surface area contributed by atoms with Crippen LogP contribution >= 0.6 is 0 Å². The molecule has 1 fully saturated rings. The van der Waals surface area contributed by atoms with Gasteiger partial charge in [-0.25, -0.2) is 0 Å². The van der Waals surface area contributed by atoms with Gasteiger partial charge in [0.2, 0.25) is 0 Å². The van der Waals surface area contributed by atoms with Gasteiger partial charge in [-0.3, -0.25) is 4.90 Å². The number of nitrogens with zero attached hydrogens (tertiary/aromatic N) is 1. The number of rotatable bonds is 5. The molecule has 1 aliphatic rings. The molecule has 0 amide bonds. The highest BCUT2D eigenvalue weighted by molar-refractivity contribution is 5.15. The molecule has 2 heteroatoms. The van der Waals surface area contributed by atoms with Crippen molar-refractivity contribution >= 4 is 0 Å². The Morgan fingerprint density at radius 1 is 1.26 bits per heavy atom.